The highest BCUT2D eigenvalue weighted by Gasteiger charge is 2.10. The van der Waals surface area contributed by atoms with Gasteiger partial charge in [0.15, 0.2) is 0 Å². The number of anilines is 1. The number of rotatable bonds is 6. The molecule has 0 amide bonds. The highest BCUT2D eigenvalue weighted by molar-refractivity contribution is 6.13. The fourth-order valence-electron chi connectivity index (χ4n) is 2.09. The normalized spacial score (nSPS) is 10.3. The third-order valence-electron chi connectivity index (χ3n) is 3.21. The van der Waals surface area contributed by atoms with E-state index in [0.717, 1.165) is 41.9 Å². The molecule has 2 aromatic rings. The Hall–Kier alpha value is -2.16. The summed E-state index contributed by atoms with van der Waals surface area (Å²) in [5.74, 6) is 0.799. The fourth-order valence-corrected chi connectivity index (χ4v) is 2.09. The number of hydrogen-bond donors (Lipinski definition) is 2. The van der Waals surface area contributed by atoms with Gasteiger partial charge in [-0.2, -0.15) is 0 Å². The van der Waals surface area contributed by atoms with E-state index in [-0.39, 0.29) is 0 Å². The van der Waals surface area contributed by atoms with Crippen molar-refractivity contribution in [2.75, 3.05) is 11.9 Å². The van der Waals surface area contributed by atoms with Gasteiger partial charge in [0.2, 0.25) is 0 Å². The molecule has 2 rings (SSSR count). The average Bonchev–Trinajstić information content (AvgIpc) is 2.47. The molecule has 1 heterocycles. The Labute approximate surface area is 120 Å². The summed E-state index contributed by atoms with van der Waals surface area (Å²) in [4.78, 5) is 4.37. The van der Waals surface area contributed by atoms with Gasteiger partial charge in [0.25, 0.3) is 0 Å². The smallest absolute Gasteiger partial charge is 0.135 e. The second kappa shape index (κ2) is 6.85. The number of nitrogens with zero attached hydrogens (tertiary/aromatic N) is 1. The quantitative estimate of drug-likeness (QED) is 0.613. The van der Waals surface area contributed by atoms with Crippen LogP contribution in [0.25, 0.3) is 0 Å². The maximum Gasteiger partial charge on any atom is 0.135 e. The van der Waals surface area contributed by atoms with Crippen LogP contribution in [-0.2, 0) is 0 Å². The van der Waals surface area contributed by atoms with Gasteiger partial charge in [-0.15, -0.1) is 0 Å². The molecule has 0 bridgehead atoms. The molecule has 0 aliphatic rings. The second-order valence-electron chi connectivity index (χ2n) is 4.92. The maximum absolute atomic E-state index is 8.41. The van der Waals surface area contributed by atoms with Gasteiger partial charge in [0.05, 0.1) is 5.71 Å². The van der Waals surface area contributed by atoms with Gasteiger partial charge in [-0.25, -0.2) is 4.98 Å². The number of unbranched alkanes of at least 4 members (excludes halogenated alkanes) is 1. The van der Waals surface area contributed by atoms with Crippen LogP contribution < -0.4 is 5.32 Å². The van der Waals surface area contributed by atoms with Crippen molar-refractivity contribution in [2.45, 2.75) is 26.7 Å². The Morgan fingerprint density at radius 1 is 1.25 bits per heavy atom. The number of pyridine rings is 1. The first-order valence-corrected chi connectivity index (χ1v) is 7.07. The molecule has 0 saturated heterocycles. The molecular weight excluding hydrogens is 246 g/mol. The molecule has 3 nitrogen and oxygen atoms in total. The van der Waals surface area contributed by atoms with Crippen molar-refractivity contribution >= 4 is 11.5 Å². The molecule has 0 radical (unpaired) electrons. The minimum atomic E-state index is 0.515. The van der Waals surface area contributed by atoms with E-state index in [0.29, 0.717) is 5.71 Å². The molecule has 0 atom stereocenters. The van der Waals surface area contributed by atoms with E-state index in [4.69, 9.17) is 5.41 Å². The highest BCUT2D eigenvalue weighted by atomic mass is 15.0. The summed E-state index contributed by atoms with van der Waals surface area (Å²) >= 11 is 0. The van der Waals surface area contributed by atoms with Crippen LogP contribution in [0.4, 0.5) is 5.82 Å². The van der Waals surface area contributed by atoms with Crippen LogP contribution in [0.1, 0.15) is 36.5 Å². The zero-order valence-electron chi connectivity index (χ0n) is 12.1. The third kappa shape index (κ3) is 3.44. The Morgan fingerprint density at radius 3 is 2.85 bits per heavy atom. The van der Waals surface area contributed by atoms with Gasteiger partial charge in [-0.3, -0.25) is 5.41 Å². The summed E-state index contributed by atoms with van der Waals surface area (Å²) in [6, 6.07) is 11.9. The third-order valence-corrected chi connectivity index (χ3v) is 3.21. The lowest BCUT2D eigenvalue weighted by atomic mass is 10.0. The van der Waals surface area contributed by atoms with Crippen LogP contribution in [0.15, 0.2) is 42.6 Å². The van der Waals surface area contributed by atoms with E-state index >= 15 is 0 Å². The van der Waals surface area contributed by atoms with Crippen molar-refractivity contribution in [3.05, 3.63) is 59.3 Å². The van der Waals surface area contributed by atoms with Crippen molar-refractivity contribution in [2.24, 2.45) is 0 Å². The van der Waals surface area contributed by atoms with Gasteiger partial charge in [0.1, 0.15) is 5.82 Å². The van der Waals surface area contributed by atoms with Crippen LogP contribution in [0.5, 0.6) is 0 Å². The number of aryl methyl sites for hydroxylation is 1. The lowest BCUT2D eigenvalue weighted by Gasteiger charge is -2.12. The molecule has 104 valence electrons. The second-order valence-corrected chi connectivity index (χ2v) is 4.92. The lowest BCUT2D eigenvalue weighted by Crippen LogP contribution is -2.10. The summed E-state index contributed by atoms with van der Waals surface area (Å²) < 4.78 is 0. The highest BCUT2D eigenvalue weighted by Crippen LogP contribution is 2.17. The SMILES string of the molecule is CCCCNc1ncccc1C(=N)c1cccc(C)c1. The number of hydrogen-bond acceptors (Lipinski definition) is 3. The van der Waals surface area contributed by atoms with Crippen molar-refractivity contribution in [3.63, 3.8) is 0 Å². The molecule has 3 heteroatoms. The van der Waals surface area contributed by atoms with E-state index in [2.05, 4.69) is 17.2 Å². The molecule has 1 aromatic carbocycles. The molecular formula is C17H21N3. The van der Waals surface area contributed by atoms with E-state index in [9.17, 15) is 0 Å². The van der Waals surface area contributed by atoms with Gasteiger partial charge in [-0.1, -0.05) is 37.1 Å². The van der Waals surface area contributed by atoms with Gasteiger partial charge >= 0.3 is 0 Å². The Morgan fingerprint density at radius 2 is 2.10 bits per heavy atom. The summed E-state index contributed by atoms with van der Waals surface area (Å²) in [7, 11) is 0. The van der Waals surface area contributed by atoms with Crippen molar-refractivity contribution < 1.29 is 0 Å². The number of aromatic nitrogens is 1. The first-order valence-electron chi connectivity index (χ1n) is 7.07. The van der Waals surface area contributed by atoms with Crippen molar-refractivity contribution in [1.82, 2.24) is 4.98 Å². The van der Waals surface area contributed by atoms with E-state index in [1.165, 1.54) is 0 Å². The van der Waals surface area contributed by atoms with E-state index < -0.39 is 0 Å². The average molecular weight is 267 g/mol. The Kier molecular flexibility index (Phi) is 4.88. The summed E-state index contributed by atoms with van der Waals surface area (Å²) in [6.07, 6.45) is 4.01. The molecule has 20 heavy (non-hydrogen) atoms. The van der Waals surface area contributed by atoms with E-state index in [1.807, 2.05) is 43.3 Å². The molecule has 0 saturated carbocycles. The van der Waals surface area contributed by atoms with Crippen LogP contribution in [0.2, 0.25) is 0 Å². The number of benzene rings is 1. The lowest BCUT2D eigenvalue weighted by molar-refractivity contribution is 0.831. The largest absolute Gasteiger partial charge is 0.370 e. The van der Waals surface area contributed by atoms with Crippen molar-refractivity contribution in [1.29, 1.82) is 5.41 Å². The number of nitrogens with one attached hydrogen (secondary N) is 2. The summed E-state index contributed by atoms with van der Waals surface area (Å²) in [5.41, 5.74) is 3.46. The predicted molar refractivity (Wildman–Crippen MR) is 84.7 cm³/mol. The van der Waals surface area contributed by atoms with Crippen LogP contribution in [-0.4, -0.2) is 17.2 Å². The maximum atomic E-state index is 8.41. The van der Waals surface area contributed by atoms with Crippen molar-refractivity contribution in [3.8, 4) is 0 Å². The molecule has 0 aliphatic carbocycles. The topological polar surface area (TPSA) is 48.8 Å². The summed E-state index contributed by atoms with van der Waals surface area (Å²) in [5, 5.41) is 11.7. The molecule has 0 fully saturated rings. The molecule has 0 aliphatic heterocycles. The standard InChI is InChI=1S/C17H21N3/c1-3-4-10-19-17-15(9-6-11-20-17)16(18)14-8-5-7-13(2)12-14/h5-9,11-12,18H,3-4,10H2,1-2H3,(H,19,20). The van der Waals surface area contributed by atoms with Gasteiger partial charge in [-0.05, 0) is 31.5 Å². The zero-order valence-corrected chi connectivity index (χ0v) is 12.1. The molecule has 0 unspecified atom stereocenters. The zero-order chi connectivity index (χ0) is 14.4. The van der Waals surface area contributed by atoms with Gasteiger partial charge in [0, 0.05) is 23.9 Å². The van der Waals surface area contributed by atoms with Crippen LogP contribution >= 0.6 is 0 Å². The van der Waals surface area contributed by atoms with Gasteiger partial charge < -0.3 is 5.32 Å². The monoisotopic (exact) mass is 267 g/mol. The Bertz CT molecular complexity index is 590. The molecule has 0 spiro atoms. The first-order chi connectivity index (χ1) is 9.72. The minimum Gasteiger partial charge on any atom is -0.370 e. The molecule has 2 N–H and O–H groups in total. The van der Waals surface area contributed by atoms with Crippen LogP contribution in [0.3, 0.4) is 0 Å². The molecule has 1 aromatic heterocycles. The minimum absolute atomic E-state index is 0.515. The summed E-state index contributed by atoms with van der Waals surface area (Å²) in [6.45, 7) is 5.10. The fraction of sp³-hybridized carbons (Fsp3) is 0.294. The van der Waals surface area contributed by atoms with E-state index in [1.54, 1.807) is 6.20 Å². The predicted octanol–water partition coefficient (Wildman–Crippen LogP) is 4.02. The van der Waals surface area contributed by atoms with Crippen LogP contribution in [0, 0.1) is 12.3 Å². The Balaban J connectivity index is 2.25. The first kappa shape index (κ1) is 14.3.